The van der Waals surface area contributed by atoms with E-state index < -0.39 is 0 Å². The Balaban J connectivity index is 2.65. The van der Waals surface area contributed by atoms with Gasteiger partial charge in [-0.25, -0.2) is 0 Å². The van der Waals surface area contributed by atoms with Crippen molar-refractivity contribution in [3.05, 3.63) is 23.8 Å². The average molecular weight is 233 g/mol. The molecule has 0 radical (unpaired) electrons. The summed E-state index contributed by atoms with van der Waals surface area (Å²) in [7, 11) is 1.70. The van der Waals surface area contributed by atoms with Gasteiger partial charge in [0, 0.05) is 13.6 Å². The van der Waals surface area contributed by atoms with E-state index in [0.717, 1.165) is 0 Å². The molecule has 0 atom stereocenters. The number of carbonyl (C=O) groups excluding carboxylic acids is 1. The first kappa shape index (κ1) is 12.8. The van der Waals surface area contributed by atoms with E-state index in [4.69, 9.17) is 15.7 Å². The van der Waals surface area contributed by atoms with Gasteiger partial charge in [0.25, 0.3) is 5.91 Å². The number of hydrogen-bond donors (Lipinski definition) is 1. The molecule has 0 bridgehead atoms. The van der Waals surface area contributed by atoms with Crippen LogP contribution >= 0.6 is 0 Å². The maximum Gasteiger partial charge on any atom is 0.260 e. The second-order valence-corrected chi connectivity index (χ2v) is 3.56. The van der Waals surface area contributed by atoms with Gasteiger partial charge < -0.3 is 15.4 Å². The number of nitrogens with zero attached hydrogens (tertiary/aromatic N) is 2. The molecule has 0 saturated heterocycles. The SMILES string of the molecule is CCN(C)C(=O)COc1ccc(C#N)cc1N. The van der Waals surface area contributed by atoms with Crippen molar-refractivity contribution in [3.8, 4) is 11.8 Å². The van der Waals surface area contributed by atoms with E-state index in [1.807, 2.05) is 13.0 Å². The number of nitrogens with two attached hydrogens (primary N) is 1. The molecule has 0 spiro atoms. The third-order valence-corrected chi connectivity index (χ3v) is 2.39. The summed E-state index contributed by atoms with van der Waals surface area (Å²) in [5.74, 6) is 0.304. The highest BCUT2D eigenvalue weighted by Gasteiger charge is 2.09. The van der Waals surface area contributed by atoms with Crippen LogP contribution < -0.4 is 10.5 Å². The summed E-state index contributed by atoms with van der Waals surface area (Å²) >= 11 is 0. The Kier molecular flexibility index (Phi) is 4.35. The number of benzene rings is 1. The molecule has 5 heteroatoms. The highest BCUT2D eigenvalue weighted by Crippen LogP contribution is 2.22. The molecule has 0 aliphatic heterocycles. The van der Waals surface area contributed by atoms with E-state index >= 15 is 0 Å². The summed E-state index contributed by atoms with van der Waals surface area (Å²) in [4.78, 5) is 13.0. The molecule has 1 aromatic carbocycles. The Bertz CT molecular complexity index is 452. The van der Waals surface area contributed by atoms with Crippen LogP contribution in [0.15, 0.2) is 18.2 Å². The van der Waals surface area contributed by atoms with Crippen LogP contribution in [0, 0.1) is 11.3 Å². The van der Waals surface area contributed by atoms with Crippen LogP contribution in [-0.2, 0) is 4.79 Å². The van der Waals surface area contributed by atoms with Gasteiger partial charge in [-0.05, 0) is 25.1 Å². The molecule has 1 amide bonds. The predicted molar refractivity (Wildman–Crippen MR) is 64.4 cm³/mol. The van der Waals surface area contributed by atoms with Crippen molar-refractivity contribution in [1.29, 1.82) is 5.26 Å². The smallest absolute Gasteiger partial charge is 0.260 e. The van der Waals surface area contributed by atoms with Crippen LogP contribution in [0.3, 0.4) is 0 Å². The zero-order valence-electron chi connectivity index (χ0n) is 9.93. The fourth-order valence-corrected chi connectivity index (χ4v) is 1.18. The van der Waals surface area contributed by atoms with Gasteiger partial charge >= 0.3 is 0 Å². The molecule has 1 aromatic rings. The van der Waals surface area contributed by atoms with Gasteiger partial charge in [-0.2, -0.15) is 5.26 Å². The highest BCUT2D eigenvalue weighted by molar-refractivity contribution is 5.77. The molecule has 0 aliphatic rings. The quantitative estimate of drug-likeness (QED) is 0.787. The number of nitriles is 1. The first-order valence-corrected chi connectivity index (χ1v) is 5.24. The van der Waals surface area contributed by atoms with Crippen LogP contribution in [0.4, 0.5) is 5.69 Å². The maximum absolute atomic E-state index is 11.5. The normalized spacial score (nSPS) is 9.47. The number of carbonyl (C=O) groups is 1. The standard InChI is InChI=1S/C12H15N3O2/c1-3-15(2)12(16)8-17-11-5-4-9(7-13)6-10(11)14/h4-6H,3,8,14H2,1-2H3. The zero-order chi connectivity index (χ0) is 12.8. The van der Waals surface area contributed by atoms with Gasteiger partial charge in [-0.15, -0.1) is 0 Å². The molecule has 5 nitrogen and oxygen atoms in total. The largest absolute Gasteiger partial charge is 0.482 e. The summed E-state index contributed by atoms with van der Waals surface area (Å²) < 4.78 is 5.30. The molecule has 90 valence electrons. The van der Waals surface area contributed by atoms with E-state index in [1.54, 1.807) is 24.1 Å². The van der Waals surface area contributed by atoms with Crippen LogP contribution in [0.5, 0.6) is 5.75 Å². The summed E-state index contributed by atoms with van der Waals surface area (Å²) in [6, 6.07) is 6.68. The summed E-state index contributed by atoms with van der Waals surface area (Å²) in [6.07, 6.45) is 0. The first-order chi connectivity index (χ1) is 8.08. The van der Waals surface area contributed by atoms with E-state index in [9.17, 15) is 4.79 Å². The summed E-state index contributed by atoms with van der Waals surface area (Å²) in [6.45, 7) is 2.46. The zero-order valence-corrected chi connectivity index (χ0v) is 9.93. The van der Waals surface area contributed by atoms with Crippen LogP contribution in [0.25, 0.3) is 0 Å². The predicted octanol–water partition coefficient (Wildman–Crippen LogP) is 0.998. The number of ether oxygens (including phenoxy) is 1. The molecular weight excluding hydrogens is 218 g/mol. The lowest BCUT2D eigenvalue weighted by Crippen LogP contribution is -2.31. The van der Waals surface area contributed by atoms with Gasteiger partial charge in [0.1, 0.15) is 5.75 Å². The van der Waals surface area contributed by atoms with Gasteiger partial charge in [-0.3, -0.25) is 4.79 Å². The van der Waals surface area contributed by atoms with Crippen molar-refractivity contribution < 1.29 is 9.53 Å². The summed E-state index contributed by atoms with van der Waals surface area (Å²) in [5.41, 5.74) is 6.51. The van der Waals surface area contributed by atoms with Crippen LogP contribution in [0.1, 0.15) is 12.5 Å². The lowest BCUT2D eigenvalue weighted by Gasteiger charge is -2.15. The van der Waals surface area contributed by atoms with E-state index in [2.05, 4.69) is 0 Å². The Morgan fingerprint density at radius 1 is 1.59 bits per heavy atom. The van der Waals surface area contributed by atoms with Crippen LogP contribution in [-0.4, -0.2) is 31.0 Å². The molecule has 2 N–H and O–H groups in total. The lowest BCUT2D eigenvalue weighted by molar-refractivity contribution is -0.131. The van der Waals surface area contributed by atoms with Crippen molar-refractivity contribution in [2.75, 3.05) is 25.9 Å². The van der Waals surface area contributed by atoms with Gasteiger partial charge in [0.2, 0.25) is 0 Å². The van der Waals surface area contributed by atoms with Gasteiger partial charge in [0.15, 0.2) is 6.61 Å². The maximum atomic E-state index is 11.5. The minimum atomic E-state index is -0.115. The molecule has 0 aromatic heterocycles. The molecule has 0 fully saturated rings. The molecule has 0 heterocycles. The average Bonchev–Trinajstić information content (AvgIpc) is 2.35. The Morgan fingerprint density at radius 2 is 2.29 bits per heavy atom. The fourth-order valence-electron chi connectivity index (χ4n) is 1.18. The third kappa shape index (κ3) is 3.38. The number of hydrogen-bond acceptors (Lipinski definition) is 4. The minimum Gasteiger partial charge on any atom is -0.482 e. The van der Waals surface area contributed by atoms with E-state index in [1.165, 1.54) is 6.07 Å². The van der Waals surface area contributed by atoms with E-state index in [0.29, 0.717) is 23.5 Å². The van der Waals surface area contributed by atoms with Crippen molar-refractivity contribution in [2.24, 2.45) is 0 Å². The second-order valence-electron chi connectivity index (χ2n) is 3.56. The molecule has 1 rings (SSSR count). The lowest BCUT2D eigenvalue weighted by atomic mass is 10.2. The molecular formula is C12H15N3O2. The summed E-state index contributed by atoms with van der Waals surface area (Å²) in [5, 5.41) is 8.67. The Morgan fingerprint density at radius 3 is 2.82 bits per heavy atom. The number of rotatable bonds is 4. The van der Waals surface area contributed by atoms with Gasteiger partial charge in [-0.1, -0.05) is 0 Å². The van der Waals surface area contributed by atoms with E-state index in [-0.39, 0.29) is 12.5 Å². The van der Waals surface area contributed by atoms with Crippen molar-refractivity contribution >= 4 is 11.6 Å². The van der Waals surface area contributed by atoms with Gasteiger partial charge in [0.05, 0.1) is 17.3 Å². The highest BCUT2D eigenvalue weighted by atomic mass is 16.5. The fraction of sp³-hybridized carbons (Fsp3) is 0.333. The Labute approximate surface area is 100 Å². The Hall–Kier alpha value is -2.22. The van der Waals surface area contributed by atoms with Crippen molar-refractivity contribution in [2.45, 2.75) is 6.92 Å². The third-order valence-electron chi connectivity index (χ3n) is 2.39. The molecule has 0 unspecified atom stereocenters. The topological polar surface area (TPSA) is 79.3 Å². The monoisotopic (exact) mass is 233 g/mol. The van der Waals surface area contributed by atoms with Crippen molar-refractivity contribution in [1.82, 2.24) is 4.90 Å². The number of amides is 1. The number of nitrogen functional groups attached to an aromatic ring is 1. The molecule has 0 aliphatic carbocycles. The second kappa shape index (κ2) is 5.75. The number of likely N-dealkylation sites (N-methyl/N-ethyl adjacent to an activating group) is 1. The van der Waals surface area contributed by atoms with Crippen molar-refractivity contribution in [3.63, 3.8) is 0 Å². The molecule has 0 saturated carbocycles. The minimum absolute atomic E-state index is 0.0551. The number of anilines is 1. The van der Waals surface area contributed by atoms with Crippen LogP contribution in [0.2, 0.25) is 0 Å². The first-order valence-electron chi connectivity index (χ1n) is 5.24. The molecule has 17 heavy (non-hydrogen) atoms.